The third-order valence-electron chi connectivity index (χ3n) is 2.96. The van der Waals surface area contributed by atoms with Gasteiger partial charge >= 0.3 is 5.97 Å². The second kappa shape index (κ2) is 5.30. The van der Waals surface area contributed by atoms with Crippen LogP contribution < -0.4 is 5.32 Å². The molecule has 0 unspecified atom stereocenters. The zero-order valence-electron chi connectivity index (χ0n) is 11.1. The number of carboxylic acids is 1. The van der Waals surface area contributed by atoms with E-state index in [1.807, 2.05) is 6.07 Å². The summed E-state index contributed by atoms with van der Waals surface area (Å²) in [6, 6.07) is 4.13. The van der Waals surface area contributed by atoms with Gasteiger partial charge < -0.3 is 10.4 Å². The third-order valence-corrected chi connectivity index (χ3v) is 5.09. The van der Waals surface area contributed by atoms with Gasteiger partial charge in [-0.2, -0.15) is 4.37 Å². The van der Waals surface area contributed by atoms with Crippen molar-refractivity contribution in [3.05, 3.63) is 33.6 Å². The number of hydrogen-bond donors (Lipinski definition) is 2. The van der Waals surface area contributed by atoms with Crippen molar-refractivity contribution < 1.29 is 9.90 Å². The molecule has 4 nitrogen and oxygen atoms in total. The smallest absolute Gasteiger partial charge is 0.340 e. The molecule has 2 N–H and O–H groups in total. The van der Waals surface area contributed by atoms with E-state index in [2.05, 4.69) is 35.0 Å². The van der Waals surface area contributed by atoms with Crippen LogP contribution in [0.1, 0.15) is 34.8 Å². The highest BCUT2D eigenvalue weighted by Crippen LogP contribution is 2.30. The highest BCUT2D eigenvalue weighted by atomic mass is 32.1. The maximum Gasteiger partial charge on any atom is 0.340 e. The topological polar surface area (TPSA) is 62.2 Å². The molecule has 0 aromatic carbocycles. The standard InChI is InChI=1S/C13H16N2O2S2/c1-8-10(12(16)17)11(19-15-8)14-7-13(2,3)9-5-4-6-18-9/h4-6,14H,7H2,1-3H3,(H,16,17). The minimum atomic E-state index is -0.928. The third kappa shape index (κ3) is 2.96. The Kier molecular flexibility index (Phi) is 3.91. The largest absolute Gasteiger partial charge is 0.478 e. The van der Waals surface area contributed by atoms with Gasteiger partial charge in [0.25, 0.3) is 0 Å². The van der Waals surface area contributed by atoms with Gasteiger partial charge in [0, 0.05) is 16.8 Å². The number of aromatic carboxylic acids is 1. The monoisotopic (exact) mass is 296 g/mol. The fourth-order valence-electron chi connectivity index (χ4n) is 1.79. The van der Waals surface area contributed by atoms with Crippen LogP contribution in [0.5, 0.6) is 0 Å². The average Bonchev–Trinajstić information content (AvgIpc) is 2.95. The highest BCUT2D eigenvalue weighted by Gasteiger charge is 2.24. The number of nitrogens with zero attached hydrogens (tertiary/aromatic N) is 1. The fourth-order valence-corrected chi connectivity index (χ4v) is 3.43. The lowest BCUT2D eigenvalue weighted by atomic mass is 9.91. The minimum absolute atomic E-state index is 0.0398. The summed E-state index contributed by atoms with van der Waals surface area (Å²) in [7, 11) is 0. The van der Waals surface area contributed by atoms with Gasteiger partial charge in [-0.15, -0.1) is 11.3 Å². The first-order chi connectivity index (χ1) is 8.92. The zero-order chi connectivity index (χ0) is 14.0. The zero-order valence-corrected chi connectivity index (χ0v) is 12.7. The maximum atomic E-state index is 11.2. The summed E-state index contributed by atoms with van der Waals surface area (Å²) in [5, 5.41) is 15.1. The normalized spacial score (nSPS) is 11.5. The van der Waals surface area contributed by atoms with E-state index < -0.39 is 5.97 Å². The average molecular weight is 296 g/mol. The number of nitrogens with one attached hydrogen (secondary N) is 1. The van der Waals surface area contributed by atoms with Gasteiger partial charge in [-0.1, -0.05) is 19.9 Å². The molecular formula is C13H16N2O2S2. The molecular weight excluding hydrogens is 280 g/mol. The number of aryl methyl sites for hydroxylation is 1. The van der Waals surface area contributed by atoms with Crippen LogP contribution in [0.15, 0.2) is 17.5 Å². The summed E-state index contributed by atoms with van der Waals surface area (Å²) in [5.41, 5.74) is 0.808. The Bertz CT molecular complexity index is 573. The predicted molar refractivity (Wildman–Crippen MR) is 79.6 cm³/mol. The molecule has 2 rings (SSSR count). The molecule has 0 fully saturated rings. The number of rotatable bonds is 5. The lowest BCUT2D eigenvalue weighted by molar-refractivity contribution is 0.0697. The van der Waals surface area contributed by atoms with Crippen LogP contribution in [0.4, 0.5) is 5.00 Å². The lowest BCUT2D eigenvalue weighted by Gasteiger charge is -2.23. The number of aromatic nitrogens is 1. The summed E-state index contributed by atoms with van der Waals surface area (Å²) >= 11 is 2.92. The van der Waals surface area contributed by atoms with E-state index in [0.29, 0.717) is 17.2 Å². The molecule has 0 saturated heterocycles. The summed E-state index contributed by atoms with van der Waals surface area (Å²) < 4.78 is 4.10. The first kappa shape index (κ1) is 14.0. The van der Waals surface area contributed by atoms with Crippen LogP contribution in [0.2, 0.25) is 0 Å². The van der Waals surface area contributed by atoms with Crippen molar-refractivity contribution in [2.24, 2.45) is 0 Å². The number of carbonyl (C=O) groups is 1. The molecule has 0 saturated carbocycles. The second-order valence-corrected chi connectivity index (χ2v) is 6.71. The summed E-state index contributed by atoms with van der Waals surface area (Å²) in [5.74, 6) is -0.928. The first-order valence-electron chi connectivity index (χ1n) is 5.89. The molecule has 6 heteroatoms. The number of carboxylic acid groups (broad SMARTS) is 1. The van der Waals surface area contributed by atoms with Gasteiger partial charge in [0.15, 0.2) is 0 Å². The van der Waals surface area contributed by atoms with Crippen molar-refractivity contribution in [1.29, 1.82) is 0 Å². The van der Waals surface area contributed by atoms with E-state index in [0.717, 1.165) is 0 Å². The SMILES string of the molecule is Cc1nsc(NCC(C)(C)c2cccs2)c1C(=O)O. The van der Waals surface area contributed by atoms with Crippen LogP contribution in [0, 0.1) is 6.92 Å². The fraction of sp³-hybridized carbons (Fsp3) is 0.385. The molecule has 102 valence electrons. The van der Waals surface area contributed by atoms with Gasteiger partial charge in [0.05, 0.1) is 5.69 Å². The molecule has 2 aromatic heterocycles. The van der Waals surface area contributed by atoms with E-state index in [4.69, 9.17) is 0 Å². The van der Waals surface area contributed by atoms with E-state index in [-0.39, 0.29) is 11.0 Å². The van der Waals surface area contributed by atoms with Crippen LogP contribution in [0.25, 0.3) is 0 Å². The van der Waals surface area contributed by atoms with Crippen molar-refractivity contribution in [2.75, 3.05) is 11.9 Å². The van der Waals surface area contributed by atoms with E-state index >= 15 is 0 Å². The van der Waals surface area contributed by atoms with Gasteiger partial charge in [-0.25, -0.2) is 4.79 Å². The molecule has 0 amide bonds. The Hall–Kier alpha value is -1.40. The molecule has 0 aliphatic heterocycles. The molecule has 2 heterocycles. The molecule has 0 aliphatic rings. The molecule has 0 bridgehead atoms. The Balaban J connectivity index is 2.13. The Morgan fingerprint density at radius 2 is 2.26 bits per heavy atom. The van der Waals surface area contributed by atoms with Gasteiger partial charge in [0.1, 0.15) is 10.6 Å². The van der Waals surface area contributed by atoms with Gasteiger partial charge in [-0.3, -0.25) is 0 Å². The second-order valence-electron chi connectivity index (χ2n) is 4.99. The Morgan fingerprint density at radius 3 is 2.84 bits per heavy atom. The van der Waals surface area contributed by atoms with E-state index in [1.165, 1.54) is 16.4 Å². The number of anilines is 1. The molecule has 0 atom stereocenters. The molecule has 0 spiro atoms. The lowest BCUT2D eigenvalue weighted by Crippen LogP contribution is -2.26. The maximum absolute atomic E-state index is 11.2. The van der Waals surface area contributed by atoms with Crippen LogP contribution in [-0.4, -0.2) is 22.0 Å². The van der Waals surface area contributed by atoms with Crippen molar-refractivity contribution in [2.45, 2.75) is 26.2 Å². The van der Waals surface area contributed by atoms with Gasteiger partial charge in [0.2, 0.25) is 0 Å². The minimum Gasteiger partial charge on any atom is -0.478 e. The van der Waals surface area contributed by atoms with E-state index in [9.17, 15) is 9.90 Å². The van der Waals surface area contributed by atoms with E-state index in [1.54, 1.807) is 18.3 Å². The van der Waals surface area contributed by atoms with Crippen molar-refractivity contribution in [3.8, 4) is 0 Å². The van der Waals surface area contributed by atoms with Crippen LogP contribution >= 0.6 is 22.9 Å². The van der Waals surface area contributed by atoms with Crippen LogP contribution in [-0.2, 0) is 5.41 Å². The molecule has 2 aromatic rings. The number of hydrogen-bond acceptors (Lipinski definition) is 5. The summed E-state index contributed by atoms with van der Waals surface area (Å²) in [4.78, 5) is 12.5. The van der Waals surface area contributed by atoms with Gasteiger partial charge in [-0.05, 0) is 29.9 Å². The highest BCUT2D eigenvalue weighted by molar-refractivity contribution is 7.10. The Labute approximate surface area is 120 Å². The van der Waals surface area contributed by atoms with Crippen molar-refractivity contribution in [3.63, 3.8) is 0 Å². The summed E-state index contributed by atoms with van der Waals surface area (Å²) in [6.45, 7) is 6.67. The van der Waals surface area contributed by atoms with Crippen molar-refractivity contribution in [1.82, 2.24) is 4.37 Å². The molecule has 0 radical (unpaired) electrons. The van der Waals surface area contributed by atoms with Crippen molar-refractivity contribution >= 4 is 33.8 Å². The summed E-state index contributed by atoms with van der Waals surface area (Å²) in [6.07, 6.45) is 0. The number of thiophene rings is 1. The quantitative estimate of drug-likeness (QED) is 0.885. The molecule has 0 aliphatic carbocycles. The van der Waals surface area contributed by atoms with Crippen LogP contribution in [0.3, 0.4) is 0 Å². The Morgan fingerprint density at radius 1 is 1.53 bits per heavy atom. The molecule has 19 heavy (non-hydrogen) atoms. The first-order valence-corrected chi connectivity index (χ1v) is 7.54. The predicted octanol–water partition coefficient (Wildman–Crippen LogP) is 3.60.